The molecule has 0 radical (unpaired) electrons. The molecule has 0 spiro atoms. The van der Waals surface area contributed by atoms with Gasteiger partial charge in [0.05, 0.1) is 17.2 Å². The van der Waals surface area contributed by atoms with E-state index in [2.05, 4.69) is 0 Å². The van der Waals surface area contributed by atoms with Crippen LogP contribution < -0.4 is 0 Å². The van der Waals surface area contributed by atoms with E-state index >= 15 is 0 Å². The molecule has 2 saturated heterocycles. The predicted octanol–water partition coefficient (Wildman–Crippen LogP) is 1.31. The van der Waals surface area contributed by atoms with Gasteiger partial charge in [0.15, 0.2) is 0 Å². The molecule has 2 unspecified atom stereocenters. The summed E-state index contributed by atoms with van der Waals surface area (Å²) in [7, 11) is -7.43. The Hall–Kier alpha value is -0.750. The van der Waals surface area contributed by atoms with Gasteiger partial charge in [-0.15, -0.1) is 0 Å². The van der Waals surface area contributed by atoms with Crippen LogP contribution in [0.2, 0.25) is 5.02 Å². The molecule has 2 atom stereocenters. The molecule has 28 heavy (non-hydrogen) atoms. The normalized spacial score (nSPS) is 26.4. The molecule has 2 aliphatic heterocycles. The Labute approximate surface area is 172 Å². The number of ether oxygens (including phenoxy) is 1. The molecular weight excluding hydrogens is 426 g/mol. The summed E-state index contributed by atoms with van der Waals surface area (Å²) in [6, 6.07) is 4.79. The molecule has 0 saturated carbocycles. The summed E-state index contributed by atoms with van der Waals surface area (Å²) in [4.78, 5) is 0.0481. The second kappa shape index (κ2) is 8.17. The number of nitrogens with zero attached hydrogens (tertiary/aromatic N) is 3. The Morgan fingerprint density at radius 2 is 1.46 bits per heavy atom. The van der Waals surface area contributed by atoms with E-state index in [0.29, 0.717) is 13.1 Å². The van der Waals surface area contributed by atoms with Crippen molar-refractivity contribution >= 4 is 31.8 Å². The summed E-state index contributed by atoms with van der Waals surface area (Å²) in [6.07, 6.45) is -0.354. The van der Waals surface area contributed by atoms with Gasteiger partial charge in [-0.05, 0) is 38.5 Å². The van der Waals surface area contributed by atoms with Crippen LogP contribution in [0.1, 0.15) is 19.4 Å². The Balaban J connectivity index is 1.71. The molecule has 1 aromatic carbocycles. The maximum absolute atomic E-state index is 13.0. The highest BCUT2D eigenvalue weighted by Crippen LogP contribution is 2.27. The highest BCUT2D eigenvalue weighted by atomic mass is 35.5. The third-order valence-corrected chi connectivity index (χ3v) is 9.29. The smallest absolute Gasteiger partial charge is 0.282 e. The monoisotopic (exact) mass is 451 g/mol. The summed E-state index contributed by atoms with van der Waals surface area (Å²) in [5, 5.41) is 0.173. The van der Waals surface area contributed by atoms with Crippen molar-refractivity contribution in [2.75, 3.05) is 39.3 Å². The summed E-state index contributed by atoms with van der Waals surface area (Å²) < 4.78 is 61.4. The van der Waals surface area contributed by atoms with E-state index in [1.807, 2.05) is 20.8 Å². The second-order valence-electron chi connectivity index (χ2n) is 7.32. The van der Waals surface area contributed by atoms with Crippen molar-refractivity contribution in [3.63, 3.8) is 0 Å². The van der Waals surface area contributed by atoms with Crippen molar-refractivity contribution in [3.05, 3.63) is 28.8 Å². The van der Waals surface area contributed by atoms with Crippen LogP contribution in [0.15, 0.2) is 23.1 Å². The van der Waals surface area contributed by atoms with Crippen molar-refractivity contribution in [1.29, 1.82) is 0 Å². The maximum atomic E-state index is 13.0. The fourth-order valence-corrected chi connectivity index (χ4v) is 7.32. The average molecular weight is 452 g/mol. The van der Waals surface area contributed by atoms with Crippen molar-refractivity contribution in [2.45, 2.75) is 37.9 Å². The van der Waals surface area contributed by atoms with Gasteiger partial charge in [0.2, 0.25) is 10.0 Å². The molecule has 0 amide bonds. The third kappa shape index (κ3) is 4.38. The van der Waals surface area contributed by atoms with E-state index in [0.717, 1.165) is 5.56 Å². The van der Waals surface area contributed by atoms with Crippen molar-refractivity contribution in [1.82, 2.24) is 12.9 Å². The molecule has 11 heteroatoms. The maximum Gasteiger partial charge on any atom is 0.282 e. The van der Waals surface area contributed by atoms with Crippen LogP contribution >= 0.6 is 11.6 Å². The van der Waals surface area contributed by atoms with Crippen LogP contribution in [-0.4, -0.2) is 81.2 Å². The topological polar surface area (TPSA) is 87.2 Å². The van der Waals surface area contributed by atoms with Crippen LogP contribution in [0, 0.1) is 6.92 Å². The molecule has 2 heterocycles. The first kappa shape index (κ1) is 21.9. The van der Waals surface area contributed by atoms with Gasteiger partial charge in [0.1, 0.15) is 4.90 Å². The molecular formula is C17H26ClN3O5S2. The van der Waals surface area contributed by atoms with Gasteiger partial charge in [0.25, 0.3) is 10.2 Å². The Bertz CT molecular complexity index is 920. The molecule has 3 rings (SSSR count). The molecule has 158 valence electrons. The zero-order chi connectivity index (χ0) is 20.7. The molecule has 1 aromatic rings. The van der Waals surface area contributed by atoms with E-state index in [-0.39, 0.29) is 48.3 Å². The van der Waals surface area contributed by atoms with Gasteiger partial charge in [-0.3, -0.25) is 0 Å². The average Bonchev–Trinajstić information content (AvgIpc) is 2.60. The van der Waals surface area contributed by atoms with Crippen LogP contribution in [-0.2, 0) is 25.0 Å². The fourth-order valence-electron chi connectivity index (χ4n) is 3.58. The van der Waals surface area contributed by atoms with E-state index in [1.54, 1.807) is 12.1 Å². The number of benzene rings is 1. The number of piperazine rings is 1. The minimum atomic E-state index is -3.77. The lowest BCUT2D eigenvalue weighted by Gasteiger charge is -2.40. The van der Waals surface area contributed by atoms with Crippen LogP contribution in [0.3, 0.4) is 0 Å². The van der Waals surface area contributed by atoms with Gasteiger partial charge < -0.3 is 4.74 Å². The Morgan fingerprint density at radius 3 is 2.00 bits per heavy atom. The van der Waals surface area contributed by atoms with Crippen molar-refractivity contribution in [3.8, 4) is 0 Å². The number of rotatable bonds is 4. The first-order chi connectivity index (χ1) is 13.0. The largest absolute Gasteiger partial charge is 0.373 e. The van der Waals surface area contributed by atoms with Crippen LogP contribution in [0.4, 0.5) is 0 Å². The van der Waals surface area contributed by atoms with Gasteiger partial charge >= 0.3 is 0 Å². The van der Waals surface area contributed by atoms with Crippen molar-refractivity contribution in [2.24, 2.45) is 0 Å². The summed E-state index contributed by atoms with van der Waals surface area (Å²) in [5.74, 6) is 0. The molecule has 0 aliphatic carbocycles. The summed E-state index contributed by atoms with van der Waals surface area (Å²) >= 11 is 6.13. The van der Waals surface area contributed by atoms with E-state index in [4.69, 9.17) is 16.3 Å². The molecule has 8 nitrogen and oxygen atoms in total. The Kier molecular flexibility index (Phi) is 6.41. The summed E-state index contributed by atoms with van der Waals surface area (Å²) in [6.45, 7) is 6.48. The lowest BCUT2D eigenvalue weighted by atomic mass is 10.2. The third-order valence-electron chi connectivity index (χ3n) is 4.94. The zero-order valence-corrected chi connectivity index (χ0v) is 18.6. The lowest BCUT2D eigenvalue weighted by Crippen LogP contribution is -2.57. The van der Waals surface area contributed by atoms with Gasteiger partial charge in [0, 0.05) is 39.3 Å². The first-order valence-corrected chi connectivity index (χ1v) is 12.4. The van der Waals surface area contributed by atoms with Crippen molar-refractivity contribution < 1.29 is 21.6 Å². The molecule has 0 bridgehead atoms. The lowest BCUT2D eigenvalue weighted by molar-refractivity contribution is -0.0456. The van der Waals surface area contributed by atoms with E-state index < -0.39 is 20.2 Å². The number of morpholine rings is 1. The predicted molar refractivity (Wildman–Crippen MR) is 107 cm³/mol. The quantitative estimate of drug-likeness (QED) is 0.688. The zero-order valence-electron chi connectivity index (χ0n) is 16.2. The highest BCUT2D eigenvalue weighted by Gasteiger charge is 2.39. The molecule has 2 aliphatic rings. The molecule has 0 aromatic heterocycles. The Morgan fingerprint density at radius 1 is 0.929 bits per heavy atom. The van der Waals surface area contributed by atoms with Gasteiger partial charge in [-0.1, -0.05) is 17.7 Å². The number of hydrogen-bond acceptors (Lipinski definition) is 5. The first-order valence-electron chi connectivity index (χ1n) is 9.19. The number of sulfonamides is 1. The van der Waals surface area contributed by atoms with E-state index in [9.17, 15) is 16.8 Å². The number of halogens is 1. The van der Waals surface area contributed by atoms with Crippen LogP contribution in [0.5, 0.6) is 0 Å². The summed E-state index contributed by atoms with van der Waals surface area (Å²) in [5.41, 5.74) is 0.869. The minimum absolute atomic E-state index is 0.0481. The fraction of sp³-hybridized carbons (Fsp3) is 0.647. The highest BCUT2D eigenvalue weighted by molar-refractivity contribution is 7.89. The van der Waals surface area contributed by atoms with Crippen LogP contribution in [0.25, 0.3) is 0 Å². The second-order valence-corrected chi connectivity index (χ2v) is 11.6. The minimum Gasteiger partial charge on any atom is -0.373 e. The molecule has 2 fully saturated rings. The SMILES string of the molecule is Cc1ccc(S(=O)(=O)N2CCN(S(=O)(=O)N3CC(C)OC(C)C3)CC2)c(Cl)c1. The van der Waals surface area contributed by atoms with Gasteiger partial charge in [-0.25, -0.2) is 8.42 Å². The van der Waals surface area contributed by atoms with E-state index in [1.165, 1.54) is 19.0 Å². The number of aryl methyl sites for hydroxylation is 1. The number of hydrogen-bond donors (Lipinski definition) is 0. The standard InChI is InChI=1S/C17H26ClN3O5S2/c1-13-4-5-17(16(18)10-13)27(22,23)19-6-8-20(9-7-19)28(24,25)21-11-14(2)26-15(3)12-21/h4-5,10,14-15H,6-9,11-12H2,1-3H3. The van der Waals surface area contributed by atoms with Gasteiger partial charge in [-0.2, -0.15) is 21.3 Å². The molecule has 0 N–H and O–H groups in total.